The van der Waals surface area contributed by atoms with Gasteiger partial charge >= 0.3 is 12.1 Å². The van der Waals surface area contributed by atoms with Gasteiger partial charge in [0.05, 0.1) is 5.92 Å². The number of rotatable bonds is 5. The van der Waals surface area contributed by atoms with E-state index in [1.807, 2.05) is 36.4 Å². The molecule has 7 nitrogen and oxygen atoms in total. The van der Waals surface area contributed by atoms with Crippen molar-refractivity contribution in [1.82, 2.24) is 10.2 Å². The first-order valence-corrected chi connectivity index (χ1v) is 10.6. The van der Waals surface area contributed by atoms with Crippen LogP contribution in [0.15, 0.2) is 48.5 Å². The van der Waals surface area contributed by atoms with Gasteiger partial charge in [0.2, 0.25) is 5.91 Å². The molecule has 2 amide bonds. The minimum atomic E-state index is -0.894. The monoisotopic (exact) mass is 422 g/mol. The first-order valence-electron chi connectivity index (χ1n) is 10.6. The first kappa shape index (κ1) is 20.9. The molecule has 31 heavy (non-hydrogen) atoms. The van der Waals surface area contributed by atoms with Crippen LogP contribution in [-0.4, -0.2) is 53.7 Å². The van der Waals surface area contributed by atoms with Crippen LogP contribution < -0.4 is 5.32 Å². The molecule has 2 aliphatic rings. The second-order valence-electron chi connectivity index (χ2n) is 8.15. The highest BCUT2D eigenvalue weighted by Crippen LogP contribution is 2.44. The van der Waals surface area contributed by atoms with Crippen molar-refractivity contribution in [3.05, 3.63) is 59.7 Å². The highest BCUT2D eigenvalue weighted by molar-refractivity contribution is 5.86. The average Bonchev–Trinajstić information content (AvgIpc) is 3.11. The van der Waals surface area contributed by atoms with Crippen LogP contribution in [0.3, 0.4) is 0 Å². The molecule has 0 bridgehead atoms. The van der Waals surface area contributed by atoms with Crippen molar-refractivity contribution in [2.45, 2.75) is 31.7 Å². The van der Waals surface area contributed by atoms with Crippen molar-refractivity contribution in [3.63, 3.8) is 0 Å². The van der Waals surface area contributed by atoms with Gasteiger partial charge in [-0.15, -0.1) is 0 Å². The number of nitrogens with one attached hydrogen (secondary N) is 1. The highest BCUT2D eigenvalue weighted by Gasteiger charge is 2.32. The Morgan fingerprint density at radius 1 is 1.10 bits per heavy atom. The van der Waals surface area contributed by atoms with Crippen molar-refractivity contribution in [2.24, 2.45) is 5.92 Å². The van der Waals surface area contributed by atoms with E-state index in [0.717, 1.165) is 22.3 Å². The van der Waals surface area contributed by atoms with E-state index in [0.29, 0.717) is 19.4 Å². The van der Waals surface area contributed by atoms with E-state index in [4.69, 9.17) is 4.74 Å². The van der Waals surface area contributed by atoms with Crippen LogP contribution >= 0.6 is 0 Å². The van der Waals surface area contributed by atoms with Crippen LogP contribution in [0.5, 0.6) is 0 Å². The minimum Gasteiger partial charge on any atom is -0.481 e. The third-order valence-corrected chi connectivity index (χ3v) is 6.13. The molecule has 0 saturated carbocycles. The molecule has 162 valence electrons. The van der Waals surface area contributed by atoms with Crippen molar-refractivity contribution in [2.75, 3.05) is 19.7 Å². The lowest BCUT2D eigenvalue weighted by atomic mass is 9.98. The fourth-order valence-corrected chi connectivity index (χ4v) is 4.53. The smallest absolute Gasteiger partial charge is 0.407 e. The summed E-state index contributed by atoms with van der Waals surface area (Å²) in [5, 5.41) is 11.8. The van der Waals surface area contributed by atoms with Gasteiger partial charge < -0.3 is 20.1 Å². The lowest BCUT2D eigenvalue weighted by Gasteiger charge is -2.32. The summed E-state index contributed by atoms with van der Waals surface area (Å²) in [5.74, 6) is -1.80. The van der Waals surface area contributed by atoms with E-state index < -0.39 is 24.0 Å². The number of carbonyl (C=O) groups is 3. The maximum absolute atomic E-state index is 12.7. The third-order valence-electron chi connectivity index (χ3n) is 6.13. The molecule has 0 unspecified atom stereocenters. The number of likely N-dealkylation sites (tertiary alicyclic amines) is 1. The van der Waals surface area contributed by atoms with Gasteiger partial charge in [-0.1, -0.05) is 48.5 Å². The fourth-order valence-electron chi connectivity index (χ4n) is 4.53. The summed E-state index contributed by atoms with van der Waals surface area (Å²) in [6.07, 6.45) is 0.544. The molecule has 1 fully saturated rings. The molecule has 0 spiro atoms. The number of carboxylic acid groups (broad SMARTS) is 1. The number of fused-ring (bicyclic) bond motifs is 3. The molecule has 2 aromatic rings. The SMILES string of the molecule is C[C@@H](NC(=O)OCC1c2ccccc2-c2ccccc21)C(=O)N1CCC[C@H](C(=O)O)C1. The predicted molar refractivity (Wildman–Crippen MR) is 115 cm³/mol. The van der Waals surface area contributed by atoms with Crippen molar-refractivity contribution in [1.29, 1.82) is 0 Å². The third kappa shape index (κ3) is 4.26. The van der Waals surface area contributed by atoms with E-state index in [-0.39, 0.29) is 25.0 Å². The number of ether oxygens (including phenoxy) is 1. The molecule has 1 aliphatic heterocycles. The largest absolute Gasteiger partial charge is 0.481 e. The molecule has 7 heteroatoms. The van der Waals surface area contributed by atoms with Gasteiger partial charge in [-0.2, -0.15) is 0 Å². The van der Waals surface area contributed by atoms with Crippen LogP contribution in [0.1, 0.15) is 36.8 Å². The average molecular weight is 422 g/mol. The normalized spacial score (nSPS) is 18.6. The summed E-state index contributed by atoms with van der Waals surface area (Å²) in [6.45, 7) is 2.43. The van der Waals surface area contributed by atoms with Gasteiger partial charge in [0.1, 0.15) is 12.6 Å². The molecule has 1 heterocycles. The summed E-state index contributed by atoms with van der Waals surface area (Å²) >= 11 is 0. The maximum Gasteiger partial charge on any atom is 0.407 e. The molecule has 1 aliphatic carbocycles. The number of amides is 2. The van der Waals surface area contributed by atoms with Crippen molar-refractivity contribution >= 4 is 18.0 Å². The molecule has 0 radical (unpaired) electrons. The fraction of sp³-hybridized carbons (Fsp3) is 0.375. The summed E-state index contributed by atoms with van der Waals surface area (Å²) in [6, 6.07) is 15.4. The standard InChI is InChI=1S/C24H26N2O5/c1-15(22(27)26-12-6-7-16(13-26)23(28)29)25-24(30)31-14-21-19-10-4-2-8-17(19)18-9-3-5-11-20(18)21/h2-5,8-11,15-16,21H,6-7,12-14H2,1H3,(H,25,30)(H,28,29)/t15-,16+/m1/s1. The van der Waals surface area contributed by atoms with Crippen LogP contribution in [0.2, 0.25) is 0 Å². The molecular formula is C24H26N2O5. The number of hydrogen-bond acceptors (Lipinski definition) is 4. The molecule has 1 saturated heterocycles. The second-order valence-corrected chi connectivity index (χ2v) is 8.15. The highest BCUT2D eigenvalue weighted by atomic mass is 16.5. The minimum absolute atomic E-state index is 0.0532. The van der Waals surface area contributed by atoms with Crippen LogP contribution in [0.4, 0.5) is 4.79 Å². The van der Waals surface area contributed by atoms with Gasteiger partial charge in [-0.3, -0.25) is 9.59 Å². The van der Waals surface area contributed by atoms with Crippen LogP contribution in [0.25, 0.3) is 11.1 Å². The number of piperidine rings is 1. The zero-order valence-corrected chi connectivity index (χ0v) is 17.4. The Labute approximate surface area is 181 Å². The molecule has 2 aromatic carbocycles. The zero-order valence-electron chi connectivity index (χ0n) is 17.4. The summed E-state index contributed by atoms with van der Waals surface area (Å²) in [4.78, 5) is 37.8. The van der Waals surface area contributed by atoms with Gasteiger partial charge in [0.15, 0.2) is 0 Å². The van der Waals surface area contributed by atoms with Crippen molar-refractivity contribution in [3.8, 4) is 11.1 Å². The Morgan fingerprint density at radius 2 is 1.71 bits per heavy atom. The number of hydrogen-bond donors (Lipinski definition) is 2. The lowest BCUT2D eigenvalue weighted by molar-refractivity contribution is -0.146. The predicted octanol–water partition coefficient (Wildman–Crippen LogP) is 3.24. The van der Waals surface area contributed by atoms with Crippen molar-refractivity contribution < 1.29 is 24.2 Å². The quantitative estimate of drug-likeness (QED) is 0.771. The number of benzene rings is 2. The maximum atomic E-state index is 12.7. The summed E-state index contributed by atoms with van der Waals surface area (Å²) in [5.41, 5.74) is 4.53. The number of carbonyl (C=O) groups excluding carboxylic acids is 2. The van der Waals surface area contributed by atoms with E-state index >= 15 is 0 Å². The topological polar surface area (TPSA) is 95.9 Å². The first-order chi connectivity index (χ1) is 15.0. The van der Waals surface area contributed by atoms with Gasteiger partial charge in [0, 0.05) is 19.0 Å². The van der Waals surface area contributed by atoms with Gasteiger partial charge in [0.25, 0.3) is 0 Å². The van der Waals surface area contributed by atoms with Crippen LogP contribution in [-0.2, 0) is 14.3 Å². The molecule has 2 atom stereocenters. The number of nitrogens with zero attached hydrogens (tertiary/aromatic N) is 1. The Morgan fingerprint density at radius 3 is 2.32 bits per heavy atom. The number of aliphatic carboxylic acids is 1. The molecule has 0 aromatic heterocycles. The van der Waals surface area contributed by atoms with E-state index in [1.165, 1.54) is 4.90 Å². The van der Waals surface area contributed by atoms with E-state index in [2.05, 4.69) is 17.4 Å². The molecule has 2 N–H and O–H groups in total. The van der Waals surface area contributed by atoms with E-state index in [1.54, 1.807) is 6.92 Å². The summed E-state index contributed by atoms with van der Waals surface area (Å²) < 4.78 is 5.49. The van der Waals surface area contributed by atoms with E-state index in [9.17, 15) is 19.5 Å². The van der Waals surface area contributed by atoms with Gasteiger partial charge in [-0.25, -0.2) is 4.79 Å². The molecule has 4 rings (SSSR count). The molecular weight excluding hydrogens is 396 g/mol. The zero-order chi connectivity index (χ0) is 22.0. The van der Waals surface area contributed by atoms with Crippen LogP contribution in [0, 0.1) is 5.92 Å². The summed E-state index contributed by atoms with van der Waals surface area (Å²) in [7, 11) is 0. The Hall–Kier alpha value is -3.35. The number of alkyl carbamates (subject to hydrolysis) is 1. The second kappa shape index (κ2) is 8.79. The Bertz CT molecular complexity index is 959. The lowest BCUT2D eigenvalue weighted by Crippen LogP contribution is -2.51. The number of carboxylic acids is 1. The Kier molecular flexibility index (Phi) is 5.93. The Balaban J connectivity index is 1.35. The van der Waals surface area contributed by atoms with Gasteiger partial charge in [-0.05, 0) is 42.0 Å².